The lowest BCUT2D eigenvalue weighted by Gasteiger charge is -2.41. The molecule has 2 aliphatic heterocycles. The molecule has 2 fully saturated rings. The maximum atomic E-state index is 11.6. The van der Waals surface area contributed by atoms with Crippen LogP contribution < -0.4 is 5.32 Å². The van der Waals surface area contributed by atoms with E-state index in [0.29, 0.717) is 18.7 Å². The summed E-state index contributed by atoms with van der Waals surface area (Å²) < 4.78 is 5.04. The highest BCUT2D eigenvalue weighted by Crippen LogP contribution is 2.17. The Hall–Kier alpha value is -0.810. The first-order valence-electron chi connectivity index (χ1n) is 7.10. The van der Waals surface area contributed by atoms with Crippen molar-refractivity contribution >= 4 is 6.09 Å². The molecule has 0 spiro atoms. The van der Waals surface area contributed by atoms with Crippen LogP contribution in [-0.2, 0) is 4.74 Å². The minimum Gasteiger partial charge on any atom is -0.450 e. The van der Waals surface area contributed by atoms with Crippen molar-refractivity contribution in [3.05, 3.63) is 0 Å². The number of carbonyl (C=O) groups excluding carboxylic acids is 1. The minimum absolute atomic E-state index is 0.157. The van der Waals surface area contributed by atoms with Gasteiger partial charge in [-0.1, -0.05) is 0 Å². The predicted octanol–water partition coefficient (Wildman–Crippen LogP) is 0.901. The van der Waals surface area contributed by atoms with Gasteiger partial charge in [0.1, 0.15) is 0 Å². The van der Waals surface area contributed by atoms with E-state index in [4.69, 9.17) is 4.74 Å². The molecule has 2 saturated heterocycles. The smallest absolute Gasteiger partial charge is 0.409 e. The molecule has 104 valence electrons. The second-order valence-electron chi connectivity index (χ2n) is 5.26. The lowest BCUT2D eigenvalue weighted by Crippen LogP contribution is -2.55. The largest absolute Gasteiger partial charge is 0.450 e. The van der Waals surface area contributed by atoms with E-state index in [2.05, 4.69) is 17.1 Å². The lowest BCUT2D eigenvalue weighted by atomic mass is 9.98. The maximum Gasteiger partial charge on any atom is 0.409 e. The van der Waals surface area contributed by atoms with Crippen LogP contribution in [0.1, 0.15) is 26.7 Å². The average Bonchev–Trinajstić information content (AvgIpc) is 2.39. The summed E-state index contributed by atoms with van der Waals surface area (Å²) in [5.41, 5.74) is 0. The maximum absolute atomic E-state index is 11.6. The number of hydrogen-bond donors (Lipinski definition) is 1. The van der Waals surface area contributed by atoms with Gasteiger partial charge < -0.3 is 15.0 Å². The van der Waals surface area contributed by atoms with Crippen LogP contribution in [0.15, 0.2) is 0 Å². The molecule has 18 heavy (non-hydrogen) atoms. The summed E-state index contributed by atoms with van der Waals surface area (Å²) in [7, 11) is 0. The summed E-state index contributed by atoms with van der Waals surface area (Å²) in [5, 5.41) is 3.48. The van der Waals surface area contributed by atoms with Gasteiger partial charge in [0.05, 0.1) is 6.61 Å². The molecule has 0 aliphatic carbocycles. The molecule has 2 aliphatic rings. The van der Waals surface area contributed by atoms with Crippen LogP contribution in [-0.4, -0.2) is 67.3 Å². The van der Waals surface area contributed by atoms with E-state index < -0.39 is 0 Å². The summed E-state index contributed by atoms with van der Waals surface area (Å²) in [6.07, 6.45) is 2.29. The summed E-state index contributed by atoms with van der Waals surface area (Å²) in [5.74, 6) is 0. The summed E-state index contributed by atoms with van der Waals surface area (Å²) >= 11 is 0. The van der Waals surface area contributed by atoms with Crippen molar-refractivity contribution in [1.82, 2.24) is 15.1 Å². The van der Waals surface area contributed by atoms with E-state index in [9.17, 15) is 4.79 Å². The number of nitrogens with one attached hydrogen (secondary N) is 1. The molecule has 5 nitrogen and oxygen atoms in total. The van der Waals surface area contributed by atoms with Crippen molar-refractivity contribution < 1.29 is 9.53 Å². The molecule has 2 heterocycles. The Labute approximate surface area is 109 Å². The Bertz CT molecular complexity index is 277. The van der Waals surface area contributed by atoms with Gasteiger partial charge >= 0.3 is 6.09 Å². The molecule has 0 bridgehead atoms. The zero-order valence-corrected chi connectivity index (χ0v) is 11.5. The van der Waals surface area contributed by atoms with E-state index in [1.54, 1.807) is 0 Å². The molecule has 0 aromatic heterocycles. The number of hydrogen-bond acceptors (Lipinski definition) is 4. The first-order valence-corrected chi connectivity index (χ1v) is 7.10. The number of piperazine rings is 1. The van der Waals surface area contributed by atoms with Crippen molar-refractivity contribution in [2.45, 2.75) is 38.8 Å². The van der Waals surface area contributed by atoms with Crippen molar-refractivity contribution in [2.24, 2.45) is 0 Å². The molecule has 0 radical (unpaired) electrons. The highest BCUT2D eigenvalue weighted by molar-refractivity contribution is 5.67. The molecular weight excluding hydrogens is 230 g/mol. The van der Waals surface area contributed by atoms with Crippen molar-refractivity contribution in [1.29, 1.82) is 0 Å². The molecule has 0 aromatic rings. The van der Waals surface area contributed by atoms with Gasteiger partial charge in [-0.3, -0.25) is 4.90 Å². The van der Waals surface area contributed by atoms with Gasteiger partial charge in [0, 0.05) is 38.3 Å². The fourth-order valence-electron chi connectivity index (χ4n) is 2.92. The molecule has 0 aromatic carbocycles. The Balaban J connectivity index is 1.77. The van der Waals surface area contributed by atoms with E-state index in [-0.39, 0.29) is 6.09 Å². The van der Waals surface area contributed by atoms with Crippen LogP contribution in [0.2, 0.25) is 0 Å². The first-order chi connectivity index (χ1) is 8.70. The lowest BCUT2D eigenvalue weighted by molar-refractivity contribution is 0.0562. The molecule has 2 atom stereocenters. The molecule has 2 unspecified atom stereocenters. The van der Waals surface area contributed by atoms with E-state index in [1.165, 1.54) is 12.8 Å². The van der Waals surface area contributed by atoms with E-state index >= 15 is 0 Å². The van der Waals surface area contributed by atoms with Gasteiger partial charge in [0.15, 0.2) is 0 Å². The Morgan fingerprint density at radius 2 is 2.06 bits per heavy atom. The van der Waals surface area contributed by atoms with Crippen molar-refractivity contribution in [2.75, 3.05) is 39.3 Å². The fourth-order valence-corrected chi connectivity index (χ4v) is 2.92. The molecule has 1 N–H and O–H groups in total. The monoisotopic (exact) mass is 255 g/mol. The summed E-state index contributed by atoms with van der Waals surface area (Å²) in [4.78, 5) is 16.0. The fraction of sp³-hybridized carbons (Fsp3) is 0.923. The summed E-state index contributed by atoms with van der Waals surface area (Å²) in [6.45, 7) is 9.25. The first kappa shape index (κ1) is 13.6. The topological polar surface area (TPSA) is 44.8 Å². The number of rotatable bonds is 2. The van der Waals surface area contributed by atoms with Gasteiger partial charge in [-0.15, -0.1) is 0 Å². The second-order valence-corrected chi connectivity index (χ2v) is 5.26. The minimum atomic E-state index is -0.157. The number of piperidine rings is 1. The average molecular weight is 255 g/mol. The van der Waals surface area contributed by atoms with Crippen LogP contribution in [0.3, 0.4) is 0 Å². The normalized spacial score (nSPS) is 30.2. The predicted molar refractivity (Wildman–Crippen MR) is 70.7 cm³/mol. The van der Waals surface area contributed by atoms with Crippen LogP contribution in [0.5, 0.6) is 0 Å². The van der Waals surface area contributed by atoms with Gasteiger partial charge in [-0.2, -0.15) is 0 Å². The Morgan fingerprint density at radius 1 is 1.33 bits per heavy atom. The zero-order chi connectivity index (χ0) is 13.0. The highest BCUT2D eigenvalue weighted by atomic mass is 16.6. The third kappa shape index (κ3) is 3.36. The molecular formula is C13H25N3O2. The molecule has 0 saturated carbocycles. The van der Waals surface area contributed by atoms with Gasteiger partial charge in [0.2, 0.25) is 0 Å². The van der Waals surface area contributed by atoms with Crippen molar-refractivity contribution in [3.8, 4) is 0 Å². The Morgan fingerprint density at radius 3 is 2.67 bits per heavy atom. The van der Waals surface area contributed by atoms with Gasteiger partial charge in [-0.25, -0.2) is 4.79 Å². The van der Waals surface area contributed by atoms with Crippen LogP contribution >= 0.6 is 0 Å². The molecule has 2 rings (SSSR count). The number of nitrogens with zero attached hydrogens (tertiary/aromatic N) is 2. The Kier molecular flexibility index (Phi) is 4.83. The number of carbonyl (C=O) groups is 1. The number of amides is 1. The van der Waals surface area contributed by atoms with Crippen LogP contribution in [0.4, 0.5) is 4.79 Å². The van der Waals surface area contributed by atoms with E-state index in [0.717, 1.165) is 32.7 Å². The van der Waals surface area contributed by atoms with Gasteiger partial charge in [-0.05, 0) is 33.2 Å². The molecule has 5 heteroatoms. The quantitative estimate of drug-likeness (QED) is 0.796. The third-order valence-electron chi connectivity index (χ3n) is 3.95. The standard InChI is InChI=1S/C13H25N3O2/c1-3-18-13(17)16-8-6-15(7-9-16)12-4-5-14-11(2)10-12/h11-12,14H,3-10H2,1-2H3. The highest BCUT2D eigenvalue weighted by Gasteiger charge is 2.28. The van der Waals surface area contributed by atoms with Crippen LogP contribution in [0, 0.1) is 0 Å². The van der Waals surface area contributed by atoms with E-state index in [1.807, 2.05) is 11.8 Å². The zero-order valence-electron chi connectivity index (χ0n) is 11.5. The summed E-state index contributed by atoms with van der Waals surface area (Å²) in [6, 6.07) is 1.30. The number of ether oxygens (including phenoxy) is 1. The SMILES string of the molecule is CCOC(=O)N1CCN(C2CCNC(C)C2)CC1. The van der Waals surface area contributed by atoms with Crippen molar-refractivity contribution in [3.63, 3.8) is 0 Å². The van der Waals surface area contributed by atoms with Gasteiger partial charge in [0.25, 0.3) is 0 Å². The third-order valence-corrected chi connectivity index (χ3v) is 3.95. The van der Waals surface area contributed by atoms with Crippen LogP contribution in [0.25, 0.3) is 0 Å². The molecule has 1 amide bonds. The second kappa shape index (κ2) is 6.38.